The lowest BCUT2D eigenvalue weighted by molar-refractivity contribution is -0.137. The minimum Gasteiger partial charge on any atom is -0.289 e. The zero-order valence-electron chi connectivity index (χ0n) is 11.5. The van der Waals surface area contributed by atoms with Crippen LogP contribution < -0.4 is 0 Å². The Kier molecular flexibility index (Phi) is 4.06. The van der Waals surface area contributed by atoms with Gasteiger partial charge in [-0.2, -0.15) is 23.4 Å². The Bertz CT molecular complexity index is 681. The topological polar surface area (TPSA) is 42.9 Å². The number of carbonyl (C=O) groups is 1. The molecule has 1 aromatic carbocycles. The van der Waals surface area contributed by atoms with Gasteiger partial charge in [0.2, 0.25) is 0 Å². The molecular formula is C15H13F3N2O. The Balaban J connectivity index is 2.59. The molecule has 110 valence electrons. The monoisotopic (exact) mass is 294 g/mol. The highest BCUT2D eigenvalue weighted by Gasteiger charge is 2.35. The number of carbonyl (C=O) groups excluding carboxylic acids is 1. The lowest BCUT2D eigenvalue weighted by Gasteiger charge is -2.13. The van der Waals surface area contributed by atoms with Crippen LogP contribution in [0.5, 0.6) is 0 Å². The third-order valence-corrected chi connectivity index (χ3v) is 3.05. The number of nitrogens with zero attached hydrogens (tertiary/aromatic N) is 2. The summed E-state index contributed by atoms with van der Waals surface area (Å²) in [7, 11) is 0. The third-order valence-electron chi connectivity index (χ3n) is 3.05. The summed E-state index contributed by atoms with van der Waals surface area (Å²) in [5, 5.41) is 7.72. The molecule has 1 aromatic heterocycles. The van der Waals surface area contributed by atoms with Crippen molar-refractivity contribution in [1.29, 1.82) is 0 Å². The largest absolute Gasteiger partial charge is 0.417 e. The Morgan fingerprint density at radius 2 is 1.81 bits per heavy atom. The first kappa shape index (κ1) is 15.2. The molecule has 0 saturated carbocycles. The molecule has 0 aliphatic rings. The molecule has 0 unspecified atom stereocenters. The van der Waals surface area contributed by atoms with Gasteiger partial charge in [-0.3, -0.25) is 4.79 Å². The van der Waals surface area contributed by atoms with E-state index in [4.69, 9.17) is 0 Å². The van der Waals surface area contributed by atoms with Gasteiger partial charge in [-0.05, 0) is 25.5 Å². The normalized spacial score (nSPS) is 11.5. The second-order valence-corrected chi connectivity index (χ2v) is 4.57. The number of halogens is 3. The molecule has 0 saturated heterocycles. The van der Waals surface area contributed by atoms with Crippen LogP contribution in [0, 0.1) is 6.92 Å². The first-order chi connectivity index (χ1) is 9.84. The van der Waals surface area contributed by atoms with Crippen molar-refractivity contribution in [2.75, 3.05) is 0 Å². The molecule has 0 radical (unpaired) electrons. The van der Waals surface area contributed by atoms with E-state index in [-0.39, 0.29) is 11.1 Å². The predicted molar refractivity (Wildman–Crippen MR) is 71.0 cm³/mol. The maximum absolute atomic E-state index is 13.0. The van der Waals surface area contributed by atoms with Crippen molar-refractivity contribution < 1.29 is 18.0 Å². The van der Waals surface area contributed by atoms with Crippen LogP contribution in [0.15, 0.2) is 30.3 Å². The first-order valence-corrected chi connectivity index (χ1v) is 6.38. The van der Waals surface area contributed by atoms with Gasteiger partial charge in [-0.25, -0.2) is 0 Å². The van der Waals surface area contributed by atoms with E-state index in [0.717, 1.165) is 6.07 Å². The third kappa shape index (κ3) is 3.09. The average molecular weight is 294 g/mol. The zero-order valence-corrected chi connectivity index (χ0v) is 11.5. The van der Waals surface area contributed by atoms with Crippen LogP contribution in [0.25, 0.3) is 0 Å². The van der Waals surface area contributed by atoms with E-state index in [1.165, 1.54) is 24.3 Å². The lowest BCUT2D eigenvalue weighted by atomic mass is 9.96. The second kappa shape index (κ2) is 5.63. The number of alkyl halides is 3. The Hall–Kier alpha value is -2.24. The highest BCUT2D eigenvalue weighted by molar-refractivity contribution is 6.10. The van der Waals surface area contributed by atoms with Crippen molar-refractivity contribution in [3.05, 3.63) is 58.4 Å². The van der Waals surface area contributed by atoms with Gasteiger partial charge >= 0.3 is 6.18 Å². The minimum atomic E-state index is -4.58. The molecule has 21 heavy (non-hydrogen) atoms. The summed E-state index contributed by atoms with van der Waals surface area (Å²) in [5.74, 6) is -0.683. The lowest BCUT2D eigenvalue weighted by Crippen LogP contribution is -2.16. The number of rotatable bonds is 3. The first-order valence-electron chi connectivity index (χ1n) is 6.38. The number of hydrogen-bond donors (Lipinski definition) is 0. The maximum atomic E-state index is 13.0. The molecule has 0 fully saturated rings. The molecule has 0 aliphatic heterocycles. The van der Waals surface area contributed by atoms with E-state index >= 15 is 0 Å². The van der Waals surface area contributed by atoms with Crippen LogP contribution in [-0.4, -0.2) is 16.0 Å². The molecule has 0 spiro atoms. The molecule has 0 amide bonds. The van der Waals surface area contributed by atoms with Crippen LogP contribution in [-0.2, 0) is 12.6 Å². The van der Waals surface area contributed by atoms with Gasteiger partial charge in [0.05, 0.1) is 17.0 Å². The smallest absolute Gasteiger partial charge is 0.289 e. The van der Waals surface area contributed by atoms with E-state index in [1.807, 2.05) is 0 Å². The summed E-state index contributed by atoms with van der Waals surface area (Å²) in [6, 6.07) is 6.23. The SMILES string of the molecule is CCc1nnc(C)cc1C(=O)c1ccccc1C(F)(F)F. The molecule has 3 nitrogen and oxygen atoms in total. The Morgan fingerprint density at radius 3 is 2.43 bits per heavy atom. The van der Waals surface area contributed by atoms with Crippen LogP contribution in [0.2, 0.25) is 0 Å². The van der Waals surface area contributed by atoms with Gasteiger partial charge in [0, 0.05) is 11.1 Å². The van der Waals surface area contributed by atoms with E-state index in [0.29, 0.717) is 17.8 Å². The minimum absolute atomic E-state index is 0.168. The van der Waals surface area contributed by atoms with Crippen molar-refractivity contribution in [2.45, 2.75) is 26.4 Å². The summed E-state index contributed by atoms with van der Waals surface area (Å²) in [6.07, 6.45) is -4.16. The van der Waals surface area contributed by atoms with Gasteiger partial charge in [0.15, 0.2) is 5.78 Å². The summed E-state index contributed by atoms with van der Waals surface area (Å²) >= 11 is 0. The Morgan fingerprint density at radius 1 is 1.14 bits per heavy atom. The van der Waals surface area contributed by atoms with Crippen molar-refractivity contribution >= 4 is 5.78 Å². The molecule has 0 aliphatic carbocycles. The van der Waals surface area contributed by atoms with E-state index in [1.54, 1.807) is 13.8 Å². The van der Waals surface area contributed by atoms with Gasteiger partial charge in [0.25, 0.3) is 0 Å². The van der Waals surface area contributed by atoms with Gasteiger partial charge in [0.1, 0.15) is 0 Å². The second-order valence-electron chi connectivity index (χ2n) is 4.57. The zero-order chi connectivity index (χ0) is 15.6. The summed E-state index contributed by atoms with van der Waals surface area (Å²) < 4.78 is 39.0. The fraction of sp³-hybridized carbons (Fsp3) is 0.267. The van der Waals surface area contributed by atoms with Crippen molar-refractivity contribution in [1.82, 2.24) is 10.2 Å². The molecule has 2 rings (SSSR count). The van der Waals surface area contributed by atoms with Crippen LogP contribution in [0.3, 0.4) is 0 Å². The number of aromatic nitrogens is 2. The number of aryl methyl sites for hydroxylation is 2. The van der Waals surface area contributed by atoms with Gasteiger partial charge < -0.3 is 0 Å². The van der Waals surface area contributed by atoms with Crippen molar-refractivity contribution in [3.63, 3.8) is 0 Å². The van der Waals surface area contributed by atoms with Crippen LogP contribution in [0.1, 0.15) is 39.8 Å². The molecule has 0 atom stereocenters. The maximum Gasteiger partial charge on any atom is 0.417 e. The average Bonchev–Trinajstić information content (AvgIpc) is 2.45. The molecule has 1 heterocycles. The summed E-state index contributed by atoms with van der Waals surface area (Å²) in [6.45, 7) is 3.41. The van der Waals surface area contributed by atoms with E-state index in [9.17, 15) is 18.0 Å². The summed E-state index contributed by atoms with van der Waals surface area (Å²) in [5.41, 5.74) is -0.261. The molecule has 0 bridgehead atoms. The quantitative estimate of drug-likeness (QED) is 0.812. The fourth-order valence-corrected chi connectivity index (χ4v) is 2.05. The molecule has 0 N–H and O–H groups in total. The fourth-order valence-electron chi connectivity index (χ4n) is 2.05. The highest BCUT2D eigenvalue weighted by atomic mass is 19.4. The molecular weight excluding hydrogens is 281 g/mol. The molecule has 6 heteroatoms. The van der Waals surface area contributed by atoms with Crippen LogP contribution in [0.4, 0.5) is 13.2 Å². The van der Waals surface area contributed by atoms with Gasteiger partial charge in [-0.15, -0.1) is 0 Å². The van der Waals surface area contributed by atoms with E-state index in [2.05, 4.69) is 10.2 Å². The van der Waals surface area contributed by atoms with Crippen molar-refractivity contribution in [3.8, 4) is 0 Å². The molecule has 2 aromatic rings. The van der Waals surface area contributed by atoms with Gasteiger partial charge in [-0.1, -0.05) is 25.1 Å². The number of ketones is 1. The highest BCUT2D eigenvalue weighted by Crippen LogP contribution is 2.33. The van der Waals surface area contributed by atoms with Crippen molar-refractivity contribution in [2.24, 2.45) is 0 Å². The van der Waals surface area contributed by atoms with E-state index < -0.39 is 17.5 Å². The Labute approximate surface area is 119 Å². The van der Waals surface area contributed by atoms with Crippen LogP contribution >= 0.6 is 0 Å². The standard InChI is InChI=1S/C15H13F3N2O/c1-3-13-11(8-9(2)19-20-13)14(21)10-6-4-5-7-12(10)15(16,17)18/h4-8H,3H2,1-2H3. The number of benzene rings is 1. The number of hydrogen-bond acceptors (Lipinski definition) is 3. The predicted octanol–water partition coefficient (Wildman–Crippen LogP) is 3.60. The summed E-state index contributed by atoms with van der Waals surface area (Å²) in [4.78, 5) is 12.5.